The van der Waals surface area contributed by atoms with Gasteiger partial charge in [0.15, 0.2) is 0 Å². The zero-order valence-electron chi connectivity index (χ0n) is 8.67. The van der Waals surface area contributed by atoms with Gasteiger partial charge in [0.2, 0.25) is 0 Å². The van der Waals surface area contributed by atoms with Gasteiger partial charge in [0.25, 0.3) is 0 Å². The third kappa shape index (κ3) is 4.09. The average molecular weight is 338 g/mol. The summed E-state index contributed by atoms with van der Waals surface area (Å²) < 4.78 is 1.80. The van der Waals surface area contributed by atoms with E-state index in [0.717, 1.165) is 14.8 Å². The van der Waals surface area contributed by atoms with E-state index in [0.29, 0.717) is 6.54 Å². The molecule has 1 heterocycles. The van der Waals surface area contributed by atoms with Gasteiger partial charge in [-0.25, -0.2) is 4.98 Å². The predicted octanol–water partition coefficient (Wildman–Crippen LogP) is 3.04. The van der Waals surface area contributed by atoms with Gasteiger partial charge in [-0.05, 0) is 43.8 Å². The van der Waals surface area contributed by atoms with Crippen molar-refractivity contribution in [3.8, 4) is 0 Å². The van der Waals surface area contributed by atoms with Crippen LogP contribution in [-0.4, -0.2) is 22.7 Å². The molecule has 1 unspecified atom stereocenters. The van der Waals surface area contributed by atoms with E-state index >= 15 is 0 Å². The van der Waals surface area contributed by atoms with Crippen molar-refractivity contribution in [2.75, 3.05) is 11.9 Å². The van der Waals surface area contributed by atoms with E-state index in [1.807, 2.05) is 19.9 Å². The van der Waals surface area contributed by atoms with Crippen LogP contribution in [0.3, 0.4) is 0 Å². The first kappa shape index (κ1) is 12.9. The zero-order chi connectivity index (χ0) is 11.4. The van der Waals surface area contributed by atoms with E-state index < -0.39 is 0 Å². The molecule has 84 valence electrons. The molecule has 2 N–H and O–H groups in total. The van der Waals surface area contributed by atoms with Gasteiger partial charge in [-0.1, -0.05) is 13.8 Å². The van der Waals surface area contributed by atoms with Crippen molar-refractivity contribution in [1.29, 1.82) is 0 Å². The molecule has 0 aliphatic rings. The Balaban J connectivity index is 2.58. The van der Waals surface area contributed by atoms with Gasteiger partial charge in [-0.3, -0.25) is 0 Å². The number of nitrogens with zero attached hydrogens (tertiary/aromatic N) is 1. The highest BCUT2D eigenvalue weighted by atomic mass is 79.9. The number of aliphatic hydroxyl groups excluding tert-OH is 1. The number of rotatable bonds is 4. The molecule has 0 amide bonds. The number of aromatic nitrogens is 1. The first-order valence-corrected chi connectivity index (χ1v) is 6.32. The molecule has 0 saturated carbocycles. The molecule has 0 radical (unpaired) electrons. The summed E-state index contributed by atoms with van der Waals surface area (Å²) in [7, 11) is 0. The van der Waals surface area contributed by atoms with E-state index in [1.54, 1.807) is 6.20 Å². The molecule has 5 heteroatoms. The lowest BCUT2D eigenvalue weighted by Gasteiger charge is -2.16. The minimum absolute atomic E-state index is 0.242. The number of pyridine rings is 1. The first-order valence-electron chi connectivity index (χ1n) is 4.73. The van der Waals surface area contributed by atoms with Crippen LogP contribution < -0.4 is 5.32 Å². The summed E-state index contributed by atoms with van der Waals surface area (Å²) in [6.07, 6.45) is 1.36. The fourth-order valence-corrected chi connectivity index (χ4v) is 2.11. The van der Waals surface area contributed by atoms with Gasteiger partial charge in [-0.2, -0.15) is 0 Å². The molecular formula is C10H14Br2N2O. The summed E-state index contributed by atoms with van der Waals surface area (Å²) in [5.41, 5.74) is 0. The van der Waals surface area contributed by atoms with E-state index in [4.69, 9.17) is 0 Å². The topological polar surface area (TPSA) is 45.1 Å². The Bertz CT molecular complexity index is 331. The molecular weight excluding hydrogens is 324 g/mol. The van der Waals surface area contributed by atoms with Crippen molar-refractivity contribution in [1.82, 2.24) is 4.98 Å². The van der Waals surface area contributed by atoms with E-state index in [9.17, 15) is 5.11 Å². The number of aliphatic hydroxyl groups is 1. The highest BCUT2D eigenvalue weighted by Gasteiger charge is 2.10. The molecule has 1 rings (SSSR count). The number of hydrogen-bond donors (Lipinski definition) is 2. The summed E-state index contributed by atoms with van der Waals surface area (Å²) in [5.74, 6) is 0.990. The third-order valence-electron chi connectivity index (χ3n) is 2.06. The fraction of sp³-hybridized carbons (Fsp3) is 0.500. The Labute approximate surface area is 107 Å². The van der Waals surface area contributed by atoms with Gasteiger partial charge in [0.1, 0.15) is 5.82 Å². The van der Waals surface area contributed by atoms with Crippen LogP contribution in [0.1, 0.15) is 13.8 Å². The van der Waals surface area contributed by atoms with Crippen LogP contribution in [-0.2, 0) is 0 Å². The Morgan fingerprint density at radius 2 is 2.13 bits per heavy atom. The van der Waals surface area contributed by atoms with Crippen LogP contribution in [0.15, 0.2) is 21.2 Å². The van der Waals surface area contributed by atoms with Crippen molar-refractivity contribution >= 4 is 37.7 Å². The third-order valence-corrected chi connectivity index (χ3v) is 3.09. The minimum Gasteiger partial charge on any atom is -0.391 e. The van der Waals surface area contributed by atoms with Crippen LogP contribution >= 0.6 is 31.9 Å². The molecule has 0 fully saturated rings. The molecule has 1 aromatic rings. The maximum Gasteiger partial charge on any atom is 0.140 e. The lowest BCUT2D eigenvalue weighted by Crippen LogP contribution is -2.25. The molecule has 1 aromatic heterocycles. The van der Waals surface area contributed by atoms with Gasteiger partial charge in [0.05, 0.1) is 10.6 Å². The molecule has 0 saturated heterocycles. The summed E-state index contributed by atoms with van der Waals surface area (Å²) in [5, 5.41) is 12.7. The lowest BCUT2D eigenvalue weighted by molar-refractivity contribution is 0.138. The number of anilines is 1. The van der Waals surface area contributed by atoms with Crippen molar-refractivity contribution in [2.45, 2.75) is 20.0 Å². The Morgan fingerprint density at radius 3 is 2.67 bits per heavy atom. The second kappa shape index (κ2) is 5.82. The average Bonchev–Trinajstić information content (AvgIpc) is 2.15. The second-order valence-corrected chi connectivity index (χ2v) is 5.45. The molecule has 0 aliphatic carbocycles. The van der Waals surface area contributed by atoms with Gasteiger partial charge in [-0.15, -0.1) is 0 Å². The number of hydrogen-bond acceptors (Lipinski definition) is 3. The fourth-order valence-electron chi connectivity index (χ4n) is 0.982. The van der Waals surface area contributed by atoms with Crippen LogP contribution in [0.5, 0.6) is 0 Å². The Hall–Kier alpha value is -0.130. The molecule has 0 spiro atoms. The second-order valence-electron chi connectivity index (χ2n) is 3.68. The molecule has 1 atom stereocenters. The largest absolute Gasteiger partial charge is 0.391 e. The smallest absolute Gasteiger partial charge is 0.140 e. The Morgan fingerprint density at radius 1 is 1.47 bits per heavy atom. The lowest BCUT2D eigenvalue weighted by atomic mass is 10.1. The summed E-state index contributed by atoms with van der Waals surface area (Å²) in [6, 6.07) is 1.91. The molecule has 0 bridgehead atoms. The Kier molecular flexibility index (Phi) is 5.02. The summed E-state index contributed by atoms with van der Waals surface area (Å²) in [6.45, 7) is 4.47. The van der Waals surface area contributed by atoms with E-state index in [-0.39, 0.29) is 12.0 Å². The summed E-state index contributed by atoms with van der Waals surface area (Å²) in [4.78, 5) is 4.19. The van der Waals surface area contributed by atoms with E-state index in [1.165, 1.54) is 0 Å². The van der Waals surface area contributed by atoms with E-state index in [2.05, 4.69) is 42.2 Å². The standard InChI is InChI=1S/C10H14Br2N2O/c1-6(2)9(15)5-14-10-8(12)3-7(11)4-13-10/h3-4,6,9,15H,5H2,1-2H3,(H,13,14). The van der Waals surface area contributed by atoms with Crippen LogP contribution in [0, 0.1) is 5.92 Å². The van der Waals surface area contributed by atoms with Gasteiger partial charge in [0, 0.05) is 17.2 Å². The van der Waals surface area contributed by atoms with Crippen molar-refractivity contribution in [2.24, 2.45) is 5.92 Å². The highest BCUT2D eigenvalue weighted by molar-refractivity contribution is 9.11. The molecule has 0 aromatic carbocycles. The van der Waals surface area contributed by atoms with Gasteiger partial charge < -0.3 is 10.4 Å². The summed E-state index contributed by atoms with van der Waals surface area (Å²) >= 11 is 6.73. The monoisotopic (exact) mass is 336 g/mol. The minimum atomic E-state index is -0.359. The van der Waals surface area contributed by atoms with Crippen molar-refractivity contribution < 1.29 is 5.11 Å². The van der Waals surface area contributed by atoms with Crippen molar-refractivity contribution in [3.63, 3.8) is 0 Å². The quantitative estimate of drug-likeness (QED) is 0.887. The maximum absolute atomic E-state index is 9.62. The highest BCUT2D eigenvalue weighted by Crippen LogP contribution is 2.23. The maximum atomic E-state index is 9.62. The first-order chi connectivity index (χ1) is 7.00. The number of halogens is 2. The van der Waals surface area contributed by atoms with Crippen LogP contribution in [0.25, 0.3) is 0 Å². The SMILES string of the molecule is CC(C)C(O)CNc1ncc(Br)cc1Br. The molecule has 3 nitrogen and oxygen atoms in total. The molecule has 0 aliphatic heterocycles. The van der Waals surface area contributed by atoms with Gasteiger partial charge >= 0.3 is 0 Å². The van der Waals surface area contributed by atoms with Crippen LogP contribution in [0.2, 0.25) is 0 Å². The normalized spacial score (nSPS) is 12.9. The van der Waals surface area contributed by atoms with Crippen LogP contribution in [0.4, 0.5) is 5.82 Å². The van der Waals surface area contributed by atoms with Crippen molar-refractivity contribution in [3.05, 3.63) is 21.2 Å². The number of nitrogens with one attached hydrogen (secondary N) is 1. The molecule has 15 heavy (non-hydrogen) atoms. The zero-order valence-corrected chi connectivity index (χ0v) is 11.8. The predicted molar refractivity (Wildman–Crippen MR) is 69.0 cm³/mol.